The maximum atomic E-state index is 13.2. The van der Waals surface area contributed by atoms with Crippen molar-refractivity contribution in [1.29, 1.82) is 0 Å². The Morgan fingerprint density at radius 2 is 1.83 bits per heavy atom. The zero-order valence-electron chi connectivity index (χ0n) is 16.9. The van der Waals surface area contributed by atoms with Crippen molar-refractivity contribution in [3.05, 3.63) is 60.2 Å². The molecule has 150 valence electrons. The predicted octanol–water partition coefficient (Wildman–Crippen LogP) is 5.30. The van der Waals surface area contributed by atoms with Crippen molar-refractivity contribution in [2.75, 3.05) is 12.4 Å². The molecule has 0 aliphatic heterocycles. The van der Waals surface area contributed by atoms with Gasteiger partial charge >= 0.3 is 0 Å². The average Bonchev–Trinajstić information content (AvgIpc) is 2.75. The summed E-state index contributed by atoms with van der Waals surface area (Å²) in [6, 6.07) is 17.5. The molecule has 4 rings (SSSR count). The van der Waals surface area contributed by atoms with Crippen LogP contribution in [0.2, 0.25) is 0 Å². The van der Waals surface area contributed by atoms with E-state index in [1.807, 2.05) is 54.6 Å². The molecule has 29 heavy (non-hydrogen) atoms. The third kappa shape index (κ3) is 4.19. The molecule has 1 amide bonds. The maximum Gasteiger partial charge on any atom is 0.252 e. The van der Waals surface area contributed by atoms with E-state index in [0.29, 0.717) is 17.3 Å². The van der Waals surface area contributed by atoms with Gasteiger partial charge in [-0.05, 0) is 43.0 Å². The summed E-state index contributed by atoms with van der Waals surface area (Å²) in [6.45, 7) is 2.23. The molecular weight excluding hydrogens is 362 g/mol. The molecule has 1 aliphatic rings. The molecule has 5 heteroatoms. The number of nitrogens with one attached hydrogen (secondary N) is 2. The number of hydrogen-bond acceptors (Lipinski definition) is 4. The Kier molecular flexibility index (Phi) is 5.65. The van der Waals surface area contributed by atoms with Crippen LogP contribution >= 0.6 is 0 Å². The molecular formula is C24H27N3O2. The Hall–Kier alpha value is -3.08. The van der Waals surface area contributed by atoms with Gasteiger partial charge in [-0.2, -0.15) is 0 Å². The minimum absolute atomic E-state index is 0.0366. The smallest absolute Gasteiger partial charge is 0.252 e. The number of methoxy groups -OCH3 is 1. The van der Waals surface area contributed by atoms with Crippen molar-refractivity contribution in [3.8, 4) is 5.75 Å². The number of fused-ring (bicyclic) bond motifs is 1. The number of pyridine rings is 1. The number of ether oxygens (including phenoxy) is 1. The van der Waals surface area contributed by atoms with Gasteiger partial charge in [-0.1, -0.05) is 50.1 Å². The number of anilines is 2. The van der Waals surface area contributed by atoms with Crippen molar-refractivity contribution in [3.63, 3.8) is 0 Å². The van der Waals surface area contributed by atoms with E-state index in [2.05, 4.69) is 17.6 Å². The van der Waals surface area contributed by atoms with Crippen LogP contribution in [0.1, 0.15) is 43.0 Å². The summed E-state index contributed by atoms with van der Waals surface area (Å²) in [7, 11) is 1.64. The highest BCUT2D eigenvalue weighted by Gasteiger charge is 2.24. The number of para-hydroxylation sites is 3. The van der Waals surface area contributed by atoms with E-state index < -0.39 is 0 Å². The number of nitrogens with zero attached hydrogens (tertiary/aromatic N) is 1. The molecule has 1 aromatic heterocycles. The second-order valence-electron chi connectivity index (χ2n) is 7.74. The van der Waals surface area contributed by atoms with E-state index in [1.165, 1.54) is 19.3 Å². The first-order chi connectivity index (χ1) is 14.2. The highest BCUT2D eigenvalue weighted by molar-refractivity contribution is 6.07. The second kappa shape index (κ2) is 8.52. The second-order valence-corrected chi connectivity index (χ2v) is 7.74. The number of carbonyl (C=O) groups excluding carboxylic acids is 1. The molecule has 1 saturated carbocycles. The molecule has 2 N–H and O–H groups in total. The third-order valence-corrected chi connectivity index (χ3v) is 5.76. The monoisotopic (exact) mass is 389 g/mol. The van der Waals surface area contributed by atoms with E-state index in [1.54, 1.807) is 7.11 Å². The quantitative estimate of drug-likeness (QED) is 0.622. The Balaban J connectivity index is 1.68. The topological polar surface area (TPSA) is 63.2 Å². The molecule has 0 saturated heterocycles. The molecule has 5 nitrogen and oxygen atoms in total. The van der Waals surface area contributed by atoms with Crippen LogP contribution in [0.4, 0.5) is 11.5 Å². The lowest BCUT2D eigenvalue weighted by atomic mass is 9.86. The van der Waals surface area contributed by atoms with E-state index in [0.717, 1.165) is 28.8 Å². The van der Waals surface area contributed by atoms with E-state index in [-0.39, 0.29) is 11.9 Å². The summed E-state index contributed by atoms with van der Waals surface area (Å²) in [4.78, 5) is 17.9. The summed E-state index contributed by atoms with van der Waals surface area (Å²) in [5.74, 6) is 1.82. The van der Waals surface area contributed by atoms with Gasteiger partial charge in [0.2, 0.25) is 0 Å². The Labute approximate surface area is 171 Å². The van der Waals surface area contributed by atoms with Crippen molar-refractivity contribution in [2.24, 2.45) is 5.92 Å². The van der Waals surface area contributed by atoms with Crippen molar-refractivity contribution >= 4 is 28.3 Å². The molecule has 1 heterocycles. The van der Waals surface area contributed by atoms with E-state index in [9.17, 15) is 4.79 Å². The lowest BCUT2D eigenvalue weighted by Crippen LogP contribution is -2.41. The normalized spacial score (nSPS) is 19.0. The predicted molar refractivity (Wildman–Crippen MR) is 117 cm³/mol. The van der Waals surface area contributed by atoms with Crippen molar-refractivity contribution in [2.45, 2.75) is 38.6 Å². The molecule has 2 unspecified atom stereocenters. The van der Waals surface area contributed by atoms with Crippen LogP contribution in [0.25, 0.3) is 10.9 Å². The number of carbonyl (C=O) groups is 1. The largest absolute Gasteiger partial charge is 0.495 e. The summed E-state index contributed by atoms with van der Waals surface area (Å²) < 4.78 is 5.43. The van der Waals surface area contributed by atoms with Crippen LogP contribution in [0.5, 0.6) is 5.75 Å². The Bertz CT molecular complexity index is 1020. The van der Waals surface area contributed by atoms with Gasteiger partial charge in [0.05, 0.1) is 23.9 Å². The molecule has 3 aromatic rings. The van der Waals surface area contributed by atoms with E-state index in [4.69, 9.17) is 9.72 Å². The fourth-order valence-electron chi connectivity index (χ4n) is 4.09. The highest BCUT2D eigenvalue weighted by Crippen LogP contribution is 2.29. The van der Waals surface area contributed by atoms with Gasteiger partial charge in [-0.25, -0.2) is 4.98 Å². The van der Waals surface area contributed by atoms with Gasteiger partial charge in [-0.15, -0.1) is 0 Å². The minimum atomic E-state index is -0.0366. The van der Waals surface area contributed by atoms with Crippen LogP contribution in [-0.2, 0) is 0 Å². The van der Waals surface area contributed by atoms with Crippen molar-refractivity contribution in [1.82, 2.24) is 10.3 Å². The van der Waals surface area contributed by atoms with Crippen LogP contribution in [0.3, 0.4) is 0 Å². The minimum Gasteiger partial charge on any atom is -0.495 e. The van der Waals surface area contributed by atoms with Gasteiger partial charge in [0.15, 0.2) is 0 Å². The summed E-state index contributed by atoms with van der Waals surface area (Å²) in [6.07, 6.45) is 4.64. The van der Waals surface area contributed by atoms with E-state index >= 15 is 0 Å². The van der Waals surface area contributed by atoms with Gasteiger partial charge < -0.3 is 15.4 Å². The summed E-state index contributed by atoms with van der Waals surface area (Å²) in [5, 5.41) is 7.44. The molecule has 2 aromatic carbocycles. The van der Waals surface area contributed by atoms with Crippen LogP contribution in [-0.4, -0.2) is 24.0 Å². The first-order valence-electron chi connectivity index (χ1n) is 10.3. The maximum absolute atomic E-state index is 13.2. The number of rotatable bonds is 5. The van der Waals surface area contributed by atoms with Crippen LogP contribution in [0, 0.1) is 5.92 Å². The van der Waals surface area contributed by atoms with Gasteiger partial charge in [-0.3, -0.25) is 4.79 Å². The van der Waals surface area contributed by atoms with Crippen LogP contribution < -0.4 is 15.4 Å². The molecule has 0 bridgehead atoms. The molecule has 0 spiro atoms. The first kappa shape index (κ1) is 19.2. The lowest BCUT2D eigenvalue weighted by Gasteiger charge is -2.29. The average molecular weight is 389 g/mol. The summed E-state index contributed by atoms with van der Waals surface area (Å²) >= 11 is 0. The van der Waals surface area contributed by atoms with Gasteiger partial charge in [0.1, 0.15) is 11.6 Å². The SMILES string of the molecule is COc1ccccc1Nc1cc(C(=O)NC2CCCCC2C)c2ccccc2n1. The molecule has 2 atom stereocenters. The summed E-state index contributed by atoms with van der Waals surface area (Å²) in [5.41, 5.74) is 2.24. The number of hydrogen-bond donors (Lipinski definition) is 2. The number of aromatic nitrogens is 1. The number of amides is 1. The molecule has 0 radical (unpaired) electrons. The zero-order valence-corrected chi connectivity index (χ0v) is 16.9. The fourth-order valence-corrected chi connectivity index (χ4v) is 4.09. The first-order valence-corrected chi connectivity index (χ1v) is 10.3. The van der Waals surface area contributed by atoms with Crippen molar-refractivity contribution < 1.29 is 9.53 Å². The zero-order chi connectivity index (χ0) is 20.2. The lowest BCUT2D eigenvalue weighted by molar-refractivity contribution is 0.0912. The van der Waals surface area contributed by atoms with Crippen LogP contribution in [0.15, 0.2) is 54.6 Å². The van der Waals surface area contributed by atoms with Gasteiger partial charge in [0, 0.05) is 11.4 Å². The Morgan fingerprint density at radius 1 is 1.07 bits per heavy atom. The van der Waals surface area contributed by atoms with Gasteiger partial charge in [0.25, 0.3) is 5.91 Å². The molecule has 1 aliphatic carbocycles. The number of benzene rings is 2. The molecule has 1 fully saturated rings. The standard InChI is InChI=1S/C24H27N3O2/c1-16-9-3-5-11-19(16)27-24(28)18-15-23(25-20-12-6-4-10-17(18)20)26-21-13-7-8-14-22(21)29-2/h4,6-8,10,12-16,19H,3,5,9,11H2,1-2H3,(H,25,26)(H,27,28). The Morgan fingerprint density at radius 3 is 2.66 bits per heavy atom. The third-order valence-electron chi connectivity index (χ3n) is 5.76. The highest BCUT2D eigenvalue weighted by atomic mass is 16.5. The fraction of sp³-hybridized carbons (Fsp3) is 0.333.